The Morgan fingerprint density at radius 3 is 2.14 bits per heavy atom. The minimum atomic E-state index is -4.58. The van der Waals surface area contributed by atoms with Crippen molar-refractivity contribution in [2.75, 3.05) is 19.6 Å². The Kier molecular flexibility index (Phi) is 7.63. The van der Waals surface area contributed by atoms with Crippen molar-refractivity contribution in [3.05, 3.63) is 0 Å². The molecule has 1 nitrogen and oxygen atoms in total. The third-order valence-electron chi connectivity index (χ3n) is 2.65. The van der Waals surface area contributed by atoms with E-state index in [0.29, 0.717) is 5.92 Å². The van der Waals surface area contributed by atoms with Crippen LogP contribution in [0.2, 0.25) is 6.32 Å². The molecule has 1 rings (SSSR count). The van der Waals surface area contributed by atoms with Gasteiger partial charge in [0.2, 0.25) is 0 Å². The molecule has 1 aliphatic rings. The van der Waals surface area contributed by atoms with E-state index in [1.165, 1.54) is 0 Å². The van der Waals surface area contributed by atoms with E-state index in [9.17, 15) is 12.9 Å². The summed E-state index contributed by atoms with van der Waals surface area (Å²) >= 11 is 0. The van der Waals surface area contributed by atoms with Gasteiger partial charge in [-0.2, -0.15) is 0 Å². The van der Waals surface area contributed by atoms with Crippen molar-refractivity contribution in [3.63, 3.8) is 0 Å². The molecule has 0 unspecified atom stereocenters. The summed E-state index contributed by atoms with van der Waals surface area (Å²) < 4.78 is 35.8. The van der Waals surface area contributed by atoms with Crippen LogP contribution in [0.5, 0.6) is 0 Å². The van der Waals surface area contributed by atoms with Gasteiger partial charge in [0.05, 0.1) is 0 Å². The molecule has 6 heteroatoms. The van der Waals surface area contributed by atoms with E-state index in [-0.39, 0.29) is 57.9 Å². The molecule has 0 aromatic carbocycles. The van der Waals surface area contributed by atoms with Crippen LogP contribution in [-0.2, 0) is 0 Å². The summed E-state index contributed by atoms with van der Waals surface area (Å²) in [5, 5.41) is 0. The summed E-state index contributed by atoms with van der Waals surface area (Å²) in [4.78, 5) is 1.93. The van der Waals surface area contributed by atoms with Gasteiger partial charge in [0.15, 0.2) is 0 Å². The van der Waals surface area contributed by atoms with Gasteiger partial charge in [0.1, 0.15) is 0 Å². The van der Waals surface area contributed by atoms with Crippen molar-refractivity contribution >= 4 is 6.98 Å². The molecule has 0 aromatic heterocycles. The molecule has 0 aliphatic carbocycles. The molecule has 0 radical (unpaired) electrons. The molecule has 0 saturated carbocycles. The molecule has 0 bridgehead atoms. The maximum atomic E-state index is 11.9. The van der Waals surface area contributed by atoms with Crippen LogP contribution in [0.4, 0.5) is 12.9 Å². The van der Waals surface area contributed by atoms with E-state index in [1.54, 1.807) is 0 Å². The number of rotatable bonds is 3. The second-order valence-electron chi connectivity index (χ2n) is 4.02. The minimum Gasteiger partial charge on any atom is -0.449 e. The summed E-state index contributed by atoms with van der Waals surface area (Å²) in [6.45, 7) is -0.540. The smallest absolute Gasteiger partial charge is 0.449 e. The zero-order valence-corrected chi connectivity index (χ0v) is 12.1. The first-order valence-corrected chi connectivity index (χ1v) is 4.91. The third-order valence-corrected chi connectivity index (χ3v) is 2.65. The molecule has 1 saturated heterocycles. The molecule has 0 N–H and O–H groups in total. The van der Waals surface area contributed by atoms with Gasteiger partial charge in [-0.3, -0.25) is 0 Å². The van der Waals surface area contributed by atoms with Crippen molar-refractivity contribution in [2.24, 2.45) is 5.92 Å². The average Bonchev–Trinajstić information content (AvgIpc) is 2.02. The quantitative estimate of drug-likeness (QED) is 0.598. The van der Waals surface area contributed by atoms with Crippen molar-refractivity contribution in [1.29, 1.82) is 0 Å². The molecule has 0 spiro atoms. The normalized spacial score (nSPS) is 20.6. The van der Waals surface area contributed by atoms with Gasteiger partial charge in [-0.25, -0.2) is 0 Å². The Hall–Kier alpha value is 1.45. The van der Waals surface area contributed by atoms with E-state index >= 15 is 0 Å². The zero-order valence-electron chi connectivity index (χ0n) is 8.98. The topological polar surface area (TPSA) is 3.24 Å². The monoisotopic (exact) mass is 233 g/mol. The van der Waals surface area contributed by atoms with Gasteiger partial charge < -0.3 is 17.8 Å². The molecule has 14 heavy (non-hydrogen) atoms. The summed E-state index contributed by atoms with van der Waals surface area (Å²) in [5.41, 5.74) is 0. The predicted molar refractivity (Wildman–Crippen MR) is 48.7 cm³/mol. The van der Waals surface area contributed by atoms with Crippen LogP contribution >= 0.6 is 0 Å². The van der Waals surface area contributed by atoms with Gasteiger partial charge in [-0.05, 0) is 38.4 Å². The van der Waals surface area contributed by atoms with Crippen LogP contribution in [0.25, 0.3) is 0 Å². The maximum absolute atomic E-state index is 11.9. The van der Waals surface area contributed by atoms with Crippen LogP contribution in [0, 0.1) is 5.92 Å². The summed E-state index contributed by atoms with van der Waals surface area (Å²) in [7, 11) is 0. The first kappa shape index (κ1) is 15.5. The van der Waals surface area contributed by atoms with Gasteiger partial charge in [-0.1, -0.05) is 13.2 Å². The number of nitrogens with zero attached hydrogens (tertiary/aromatic N) is 1. The van der Waals surface area contributed by atoms with E-state index in [0.717, 1.165) is 25.9 Å². The van der Waals surface area contributed by atoms with Gasteiger partial charge >= 0.3 is 58.4 Å². The van der Waals surface area contributed by atoms with Crippen molar-refractivity contribution < 1.29 is 64.3 Å². The Balaban J connectivity index is 0.00000169. The summed E-state index contributed by atoms with van der Waals surface area (Å²) in [6, 6.07) is 0. The molecule has 78 valence electrons. The van der Waals surface area contributed by atoms with Crippen LogP contribution in [-0.4, -0.2) is 31.5 Å². The minimum absolute atomic E-state index is 0. The van der Waals surface area contributed by atoms with E-state index in [4.69, 9.17) is 0 Å². The largest absolute Gasteiger partial charge is 1.00 e. The maximum Gasteiger partial charge on any atom is 1.00 e. The van der Waals surface area contributed by atoms with Gasteiger partial charge in [0, 0.05) is 0 Å². The first-order chi connectivity index (χ1) is 5.97. The Bertz CT molecular complexity index is 157. The second-order valence-corrected chi connectivity index (χ2v) is 4.02. The number of halogens is 3. The number of piperidine rings is 1. The fourth-order valence-corrected chi connectivity index (χ4v) is 1.61. The molecular formula is C8H16BF3KN. The van der Waals surface area contributed by atoms with E-state index < -0.39 is 13.3 Å². The second kappa shape index (κ2) is 6.91. The van der Waals surface area contributed by atoms with Crippen molar-refractivity contribution in [3.8, 4) is 0 Å². The number of hydrogen-bond acceptors (Lipinski definition) is 1. The Morgan fingerprint density at radius 1 is 1.21 bits per heavy atom. The Morgan fingerprint density at radius 2 is 1.71 bits per heavy atom. The van der Waals surface area contributed by atoms with E-state index in [2.05, 4.69) is 6.92 Å². The predicted octanol–water partition coefficient (Wildman–Crippen LogP) is -0.430. The van der Waals surface area contributed by atoms with Crippen molar-refractivity contribution in [1.82, 2.24) is 4.90 Å². The molecular weight excluding hydrogens is 217 g/mol. The van der Waals surface area contributed by atoms with Gasteiger partial charge in [0.25, 0.3) is 0 Å². The van der Waals surface area contributed by atoms with E-state index in [1.807, 2.05) is 4.90 Å². The van der Waals surface area contributed by atoms with Crippen molar-refractivity contribution in [2.45, 2.75) is 26.1 Å². The molecule has 1 fully saturated rings. The van der Waals surface area contributed by atoms with Crippen LogP contribution in [0.1, 0.15) is 19.8 Å². The molecule has 0 aromatic rings. The first-order valence-electron chi connectivity index (χ1n) is 4.91. The van der Waals surface area contributed by atoms with Crippen LogP contribution in [0.3, 0.4) is 0 Å². The molecule has 1 heterocycles. The average molecular weight is 233 g/mol. The summed E-state index contributed by atoms with van der Waals surface area (Å²) in [5.74, 6) is 0.688. The number of hydrogen-bond donors (Lipinski definition) is 0. The molecule has 1 aliphatic heterocycles. The zero-order chi connectivity index (χ0) is 9.90. The molecule has 0 atom stereocenters. The van der Waals surface area contributed by atoms with Gasteiger partial charge in [-0.15, -0.1) is 0 Å². The third kappa shape index (κ3) is 6.85. The van der Waals surface area contributed by atoms with Crippen LogP contribution in [0.15, 0.2) is 0 Å². The fourth-order valence-electron chi connectivity index (χ4n) is 1.61. The SMILES string of the molecule is CC1CCN(CC[B-](F)(F)F)CC1.[K+]. The summed E-state index contributed by atoms with van der Waals surface area (Å²) in [6.07, 6.45) is 1.49. The van der Waals surface area contributed by atoms with Crippen LogP contribution < -0.4 is 51.4 Å². The Labute approximate surface area is 126 Å². The fraction of sp³-hybridized carbons (Fsp3) is 1.00. The number of likely N-dealkylation sites (tertiary alicyclic amines) is 1. The molecule has 0 amide bonds. The standard InChI is InChI=1S/C8H16BF3N.K/c1-8-2-5-13(6-3-8)7-4-9(10,11)12;/h8H,2-7H2,1H3;/q-1;+1.